The lowest BCUT2D eigenvalue weighted by molar-refractivity contribution is -0.117. The summed E-state index contributed by atoms with van der Waals surface area (Å²) in [6.45, 7) is 5.51. The van der Waals surface area contributed by atoms with E-state index in [1.807, 2.05) is 35.6 Å². The first kappa shape index (κ1) is 30.0. The number of nitrogens with two attached hydrogens (primary N) is 1. The number of nitrogens with one attached hydrogen (secondary N) is 1. The SMILES string of the molecule is C/C=C/CN(C)C.CCCc1ccnc(NC(=O)c2ccc(-c3nc(CN(C)C=O)n4ccnc(N)c34)cc2)c1. The Morgan fingerprint density at radius 2 is 1.85 bits per heavy atom. The number of pyridine rings is 1. The molecule has 0 aliphatic rings. The summed E-state index contributed by atoms with van der Waals surface area (Å²) in [5, 5.41) is 2.85. The van der Waals surface area contributed by atoms with E-state index in [1.165, 1.54) is 4.90 Å². The first-order chi connectivity index (χ1) is 19.3. The fourth-order valence-corrected chi connectivity index (χ4v) is 3.97. The van der Waals surface area contributed by atoms with Crippen molar-refractivity contribution >= 4 is 29.5 Å². The van der Waals surface area contributed by atoms with Gasteiger partial charge in [0.25, 0.3) is 5.91 Å². The molecule has 0 saturated heterocycles. The van der Waals surface area contributed by atoms with Gasteiger partial charge in [-0.3, -0.25) is 14.0 Å². The van der Waals surface area contributed by atoms with Gasteiger partial charge in [0.15, 0.2) is 0 Å². The third-order valence-corrected chi connectivity index (χ3v) is 5.96. The maximum Gasteiger partial charge on any atom is 0.256 e. The molecule has 1 aromatic carbocycles. The molecule has 0 unspecified atom stereocenters. The number of nitrogen functional groups attached to an aromatic ring is 1. The highest BCUT2D eigenvalue weighted by molar-refractivity contribution is 6.04. The van der Waals surface area contributed by atoms with Crippen LogP contribution in [-0.2, 0) is 17.8 Å². The van der Waals surface area contributed by atoms with E-state index >= 15 is 0 Å². The van der Waals surface area contributed by atoms with E-state index < -0.39 is 0 Å². The molecule has 210 valence electrons. The highest BCUT2D eigenvalue weighted by Gasteiger charge is 2.17. The zero-order chi connectivity index (χ0) is 29.1. The maximum atomic E-state index is 12.7. The van der Waals surface area contributed by atoms with Crippen LogP contribution in [0.15, 0.2) is 67.1 Å². The number of imidazole rings is 1. The molecule has 3 N–H and O–H groups in total. The lowest BCUT2D eigenvalue weighted by atomic mass is 10.1. The monoisotopic (exact) mass is 542 g/mol. The smallest absolute Gasteiger partial charge is 0.256 e. The summed E-state index contributed by atoms with van der Waals surface area (Å²) in [5.41, 5.74) is 9.84. The molecule has 0 aliphatic heterocycles. The van der Waals surface area contributed by atoms with Crippen LogP contribution in [0.1, 0.15) is 42.0 Å². The fraction of sp³-hybridized carbons (Fsp3) is 0.300. The average Bonchev–Trinajstić information content (AvgIpc) is 3.32. The number of amides is 2. The van der Waals surface area contributed by atoms with E-state index in [1.54, 1.807) is 37.8 Å². The van der Waals surface area contributed by atoms with Crippen molar-refractivity contribution in [1.29, 1.82) is 0 Å². The predicted molar refractivity (Wildman–Crippen MR) is 160 cm³/mol. The number of aromatic nitrogens is 4. The number of carbonyl (C=O) groups is 2. The minimum Gasteiger partial charge on any atom is -0.382 e. The van der Waals surface area contributed by atoms with Crippen LogP contribution >= 0.6 is 0 Å². The van der Waals surface area contributed by atoms with Crippen LogP contribution in [0.5, 0.6) is 0 Å². The summed E-state index contributed by atoms with van der Waals surface area (Å²) in [7, 11) is 5.79. The molecule has 0 spiro atoms. The highest BCUT2D eigenvalue weighted by atomic mass is 16.1. The maximum absolute atomic E-state index is 12.7. The topological polar surface area (TPSA) is 122 Å². The summed E-state index contributed by atoms with van der Waals surface area (Å²) < 4.78 is 1.83. The second kappa shape index (κ2) is 14.5. The van der Waals surface area contributed by atoms with Crippen molar-refractivity contribution in [2.45, 2.75) is 33.2 Å². The summed E-state index contributed by atoms with van der Waals surface area (Å²) in [6, 6.07) is 10.9. The first-order valence-electron chi connectivity index (χ1n) is 13.2. The van der Waals surface area contributed by atoms with Crippen molar-refractivity contribution in [2.24, 2.45) is 0 Å². The molecule has 4 rings (SSSR count). The van der Waals surface area contributed by atoms with Crippen LogP contribution in [0.25, 0.3) is 16.8 Å². The number of benzene rings is 1. The van der Waals surface area contributed by atoms with Gasteiger partial charge in [0.05, 0.1) is 6.54 Å². The van der Waals surface area contributed by atoms with E-state index in [4.69, 9.17) is 10.7 Å². The minimum atomic E-state index is -0.244. The number of carbonyl (C=O) groups excluding carboxylic acids is 2. The van der Waals surface area contributed by atoms with Crippen molar-refractivity contribution < 1.29 is 9.59 Å². The molecular weight excluding hydrogens is 504 g/mol. The van der Waals surface area contributed by atoms with Gasteiger partial charge in [0.2, 0.25) is 6.41 Å². The average molecular weight is 543 g/mol. The fourth-order valence-electron chi connectivity index (χ4n) is 3.97. The van der Waals surface area contributed by atoms with Crippen molar-refractivity contribution in [1.82, 2.24) is 29.2 Å². The summed E-state index contributed by atoms with van der Waals surface area (Å²) in [5.74, 6) is 1.27. The quantitative estimate of drug-likeness (QED) is 0.226. The zero-order valence-electron chi connectivity index (χ0n) is 23.8. The minimum absolute atomic E-state index is 0.244. The van der Waals surface area contributed by atoms with E-state index in [9.17, 15) is 9.59 Å². The van der Waals surface area contributed by atoms with E-state index in [0.29, 0.717) is 40.8 Å². The number of anilines is 2. The van der Waals surface area contributed by atoms with Crippen molar-refractivity contribution in [2.75, 3.05) is 38.7 Å². The molecule has 4 aromatic rings. The summed E-state index contributed by atoms with van der Waals surface area (Å²) in [6.07, 6.45) is 11.9. The molecule has 40 heavy (non-hydrogen) atoms. The van der Waals surface area contributed by atoms with Crippen molar-refractivity contribution in [3.8, 4) is 11.3 Å². The van der Waals surface area contributed by atoms with Gasteiger partial charge in [-0.25, -0.2) is 15.0 Å². The van der Waals surface area contributed by atoms with Gasteiger partial charge in [0.1, 0.15) is 28.7 Å². The van der Waals surface area contributed by atoms with E-state index in [-0.39, 0.29) is 5.91 Å². The Balaban J connectivity index is 0.000000559. The lowest BCUT2D eigenvalue weighted by Gasteiger charge is -2.08. The number of likely N-dealkylation sites (N-methyl/N-ethyl adjacent to an activating group) is 1. The van der Waals surface area contributed by atoms with Gasteiger partial charge in [0, 0.05) is 43.3 Å². The lowest BCUT2D eigenvalue weighted by Crippen LogP contribution is -2.17. The van der Waals surface area contributed by atoms with Gasteiger partial charge < -0.3 is 20.9 Å². The first-order valence-corrected chi connectivity index (χ1v) is 13.2. The third-order valence-electron chi connectivity index (χ3n) is 5.96. The van der Waals surface area contributed by atoms with Gasteiger partial charge >= 0.3 is 0 Å². The summed E-state index contributed by atoms with van der Waals surface area (Å²) in [4.78, 5) is 40.5. The van der Waals surface area contributed by atoms with Crippen LogP contribution in [0.2, 0.25) is 0 Å². The van der Waals surface area contributed by atoms with Gasteiger partial charge in [-0.05, 0) is 57.3 Å². The number of hydrogen-bond acceptors (Lipinski definition) is 7. The number of rotatable bonds is 10. The van der Waals surface area contributed by atoms with Crippen LogP contribution in [0.4, 0.5) is 11.6 Å². The molecule has 0 bridgehead atoms. The largest absolute Gasteiger partial charge is 0.382 e. The number of allylic oxidation sites excluding steroid dienone is 1. The van der Waals surface area contributed by atoms with E-state index in [2.05, 4.69) is 53.4 Å². The standard InChI is InChI=1S/C24H25N7O2.C6H13N/c1-3-4-16-9-10-26-19(13-16)28-24(33)18-7-5-17(6-8-18)21-22-23(25)27-11-12-31(22)20(29-21)14-30(2)15-32;1-4-5-6-7(2)3/h5-13,15H,3-4,14H2,1-2H3,(H2,25,27)(H,26,28,33);4-5H,6H2,1-3H3/b;5-4+. The van der Waals surface area contributed by atoms with Crippen LogP contribution in [0.3, 0.4) is 0 Å². The number of aryl methyl sites for hydroxylation is 1. The van der Waals surface area contributed by atoms with Crippen molar-refractivity contribution in [3.05, 3.63) is 84.1 Å². The van der Waals surface area contributed by atoms with Crippen LogP contribution in [-0.4, -0.2) is 69.2 Å². The second-order valence-electron chi connectivity index (χ2n) is 9.59. The normalized spacial score (nSPS) is 10.9. The Morgan fingerprint density at radius 1 is 1.10 bits per heavy atom. The number of nitrogens with zero attached hydrogens (tertiary/aromatic N) is 6. The Morgan fingerprint density at radius 3 is 2.48 bits per heavy atom. The molecule has 0 radical (unpaired) electrons. The predicted octanol–water partition coefficient (Wildman–Crippen LogP) is 4.29. The third kappa shape index (κ3) is 7.97. The molecule has 0 saturated carbocycles. The molecule has 0 atom stereocenters. The van der Waals surface area contributed by atoms with Crippen LogP contribution < -0.4 is 11.1 Å². The van der Waals surface area contributed by atoms with Crippen molar-refractivity contribution in [3.63, 3.8) is 0 Å². The second-order valence-corrected chi connectivity index (χ2v) is 9.59. The molecule has 3 aromatic heterocycles. The Kier molecular flexibility index (Phi) is 10.9. The Bertz CT molecular complexity index is 1440. The number of fused-ring (bicyclic) bond motifs is 1. The summed E-state index contributed by atoms with van der Waals surface area (Å²) >= 11 is 0. The molecule has 10 heteroatoms. The van der Waals surface area contributed by atoms with Gasteiger partial charge in [-0.15, -0.1) is 0 Å². The van der Waals surface area contributed by atoms with Gasteiger partial charge in [-0.2, -0.15) is 0 Å². The molecule has 10 nitrogen and oxygen atoms in total. The van der Waals surface area contributed by atoms with Crippen LogP contribution in [0, 0.1) is 0 Å². The Hall–Kier alpha value is -4.57. The molecule has 0 fully saturated rings. The molecule has 0 aliphatic carbocycles. The molecule has 2 amide bonds. The zero-order valence-corrected chi connectivity index (χ0v) is 23.8. The highest BCUT2D eigenvalue weighted by Crippen LogP contribution is 2.28. The number of hydrogen-bond donors (Lipinski definition) is 2. The molecule has 3 heterocycles. The van der Waals surface area contributed by atoms with E-state index in [0.717, 1.165) is 36.9 Å². The Labute approximate surface area is 235 Å². The van der Waals surface area contributed by atoms with Gasteiger partial charge in [-0.1, -0.05) is 37.6 Å². The molecular formula is C30H38N8O2.